The van der Waals surface area contributed by atoms with Crippen molar-refractivity contribution >= 4 is 17.5 Å². The van der Waals surface area contributed by atoms with Crippen LogP contribution in [0, 0.1) is 5.82 Å². The van der Waals surface area contributed by atoms with Crippen molar-refractivity contribution in [2.24, 2.45) is 0 Å². The summed E-state index contributed by atoms with van der Waals surface area (Å²) >= 11 is 0. The van der Waals surface area contributed by atoms with Gasteiger partial charge in [0, 0.05) is 18.2 Å². The van der Waals surface area contributed by atoms with E-state index in [-0.39, 0.29) is 35.6 Å². The molecule has 31 heavy (non-hydrogen) atoms. The average Bonchev–Trinajstić information content (AvgIpc) is 3.16. The molecule has 1 aromatic carbocycles. The van der Waals surface area contributed by atoms with Gasteiger partial charge in [0.15, 0.2) is 17.0 Å². The number of aliphatic carboxylic acids is 1. The monoisotopic (exact) mass is 436 g/mol. The van der Waals surface area contributed by atoms with Crippen molar-refractivity contribution < 1.29 is 32.3 Å². The molecule has 1 aliphatic rings. The standard InChI is InChI=1S/C20H16F4N4O3/c21-12-6-4-11(5-7-12)13-9-16(20(22,23)24)28-17(25-13)10-14(26-28)18(29)27-8-2-1-3-15(27)19(30)31/h4-7,9-10,15H,1-3,8H2,(H,30,31). The van der Waals surface area contributed by atoms with Crippen LogP contribution in [0.2, 0.25) is 0 Å². The van der Waals surface area contributed by atoms with Crippen LogP contribution >= 0.6 is 0 Å². The number of carboxylic acid groups (broad SMARTS) is 1. The Kier molecular flexibility index (Phi) is 5.11. The van der Waals surface area contributed by atoms with E-state index in [0.717, 1.165) is 29.2 Å². The summed E-state index contributed by atoms with van der Waals surface area (Å²) in [5.74, 6) is -2.49. The van der Waals surface area contributed by atoms with E-state index >= 15 is 0 Å². The number of halogens is 4. The lowest BCUT2D eigenvalue weighted by molar-refractivity contribution is -0.143. The number of carbonyl (C=O) groups is 2. The highest BCUT2D eigenvalue weighted by atomic mass is 19.4. The number of piperidine rings is 1. The molecule has 11 heteroatoms. The molecule has 1 unspecified atom stereocenters. The number of hydrogen-bond acceptors (Lipinski definition) is 4. The summed E-state index contributed by atoms with van der Waals surface area (Å²) in [5.41, 5.74) is -1.54. The number of carbonyl (C=O) groups excluding carboxylic acids is 1. The van der Waals surface area contributed by atoms with Crippen LogP contribution in [0.4, 0.5) is 17.6 Å². The molecule has 1 N–H and O–H groups in total. The van der Waals surface area contributed by atoms with E-state index in [2.05, 4.69) is 10.1 Å². The summed E-state index contributed by atoms with van der Waals surface area (Å²) < 4.78 is 54.8. The zero-order valence-electron chi connectivity index (χ0n) is 15.9. The molecule has 1 atom stereocenters. The van der Waals surface area contributed by atoms with Crippen molar-refractivity contribution in [1.29, 1.82) is 0 Å². The van der Waals surface area contributed by atoms with Crippen LogP contribution in [0.1, 0.15) is 35.4 Å². The molecule has 0 aliphatic carbocycles. The topological polar surface area (TPSA) is 87.8 Å². The number of alkyl halides is 3. The molecule has 1 aliphatic heterocycles. The maximum absolute atomic E-state index is 13.7. The lowest BCUT2D eigenvalue weighted by Gasteiger charge is -2.32. The Balaban J connectivity index is 1.81. The number of amides is 1. The molecule has 4 rings (SSSR count). The second-order valence-corrected chi connectivity index (χ2v) is 7.18. The number of likely N-dealkylation sites (tertiary alicyclic amines) is 1. The molecule has 0 radical (unpaired) electrons. The van der Waals surface area contributed by atoms with E-state index in [1.807, 2.05) is 0 Å². The minimum Gasteiger partial charge on any atom is -0.480 e. The molecule has 162 valence electrons. The lowest BCUT2D eigenvalue weighted by Crippen LogP contribution is -2.48. The molecule has 0 spiro atoms. The Bertz CT molecular complexity index is 1160. The van der Waals surface area contributed by atoms with Crippen molar-refractivity contribution in [3.05, 3.63) is 53.6 Å². The summed E-state index contributed by atoms with van der Waals surface area (Å²) in [6.45, 7) is 0.171. The van der Waals surface area contributed by atoms with Crippen LogP contribution in [-0.4, -0.2) is 49.1 Å². The first-order chi connectivity index (χ1) is 14.6. The number of benzene rings is 1. The van der Waals surface area contributed by atoms with Crippen LogP contribution in [0.3, 0.4) is 0 Å². The second kappa shape index (κ2) is 7.64. The quantitative estimate of drug-likeness (QED) is 0.634. The third-order valence-corrected chi connectivity index (χ3v) is 5.13. The van der Waals surface area contributed by atoms with Gasteiger partial charge in [0.2, 0.25) is 0 Å². The number of aromatic nitrogens is 3. The zero-order valence-corrected chi connectivity index (χ0v) is 15.9. The highest BCUT2D eigenvalue weighted by Gasteiger charge is 2.37. The first kappa shape index (κ1) is 20.8. The first-order valence-electron chi connectivity index (χ1n) is 9.43. The van der Waals surface area contributed by atoms with Crippen molar-refractivity contribution in [3.8, 4) is 11.3 Å². The van der Waals surface area contributed by atoms with Crippen molar-refractivity contribution in [1.82, 2.24) is 19.5 Å². The Labute approximate surface area is 172 Å². The predicted molar refractivity (Wildman–Crippen MR) is 99.7 cm³/mol. The molecule has 2 aromatic heterocycles. The van der Waals surface area contributed by atoms with E-state index < -0.39 is 35.6 Å². The maximum atomic E-state index is 13.7. The summed E-state index contributed by atoms with van der Waals surface area (Å²) in [6, 6.07) is 5.59. The van der Waals surface area contributed by atoms with Gasteiger partial charge in [0.1, 0.15) is 11.9 Å². The number of carboxylic acids is 1. The minimum absolute atomic E-state index is 0.0693. The maximum Gasteiger partial charge on any atom is 0.433 e. The van der Waals surface area contributed by atoms with Crippen molar-refractivity contribution in [2.75, 3.05) is 6.54 Å². The van der Waals surface area contributed by atoms with Gasteiger partial charge in [0.05, 0.1) is 5.69 Å². The minimum atomic E-state index is -4.81. The van der Waals surface area contributed by atoms with Crippen LogP contribution in [0.5, 0.6) is 0 Å². The SMILES string of the molecule is O=C(O)C1CCCCN1C(=O)c1cc2nc(-c3ccc(F)cc3)cc(C(F)(F)F)n2n1. The van der Waals surface area contributed by atoms with Crippen LogP contribution in [0.15, 0.2) is 36.4 Å². The molecule has 7 nitrogen and oxygen atoms in total. The molecule has 0 saturated carbocycles. The fraction of sp³-hybridized carbons (Fsp3) is 0.300. The zero-order chi connectivity index (χ0) is 22.3. The highest BCUT2D eigenvalue weighted by molar-refractivity contribution is 5.96. The Morgan fingerprint density at radius 2 is 1.81 bits per heavy atom. The molecule has 1 saturated heterocycles. The van der Waals surface area contributed by atoms with Crippen LogP contribution in [0.25, 0.3) is 16.9 Å². The van der Waals surface area contributed by atoms with E-state index in [1.165, 1.54) is 12.1 Å². The van der Waals surface area contributed by atoms with Gasteiger partial charge in [-0.1, -0.05) is 0 Å². The molecular weight excluding hydrogens is 420 g/mol. The van der Waals surface area contributed by atoms with Crippen LogP contribution in [-0.2, 0) is 11.0 Å². The van der Waals surface area contributed by atoms with Crippen LogP contribution < -0.4 is 0 Å². The van der Waals surface area contributed by atoms with Gasteiger partial charge >= 0.3 is 12.1 Å². The Hall–Kier alpha value is -3.50. The summed E-state index contributed by atoms with van der Waals surface area (Å²) in [5, 5.41) is 13.2. The number of hydrogen-bond donors (Lipinski definition) is 1. The Morgan fingerprint density at radius 3 is 2.45 bits per heavy atom. The smallest absolute Gasteiger partial charge is 0.433 e. The van der Waals surface area contributed by atoms with E-state index in [0.29, 0.717) is 17.4 Å². The van der Waals surface area contributed by atoms with Gasteiger partial charge in [-0.3, -0.25) is 4.79 Å². The largest absolute Gasteiger partial charge is 0.480 e. The van der Waals surface area contributed by atoms with Crippen molar-refractivity contribution in [3.63, 3.8) is 0 Å². The molecular formula is C20H16F4N4O3. The molecule has 0 bridgehead atoms. The van der Waals surface area contributed by atoms with Gasteiger partial charge in [-0.15, -0.1) is 0 Å². The normalized spacial score (nSPS) is 17.2. The summed E-state index contributed by atoms with van der Waals surface area (Å²) in [6.07, 6.45) is -3.33. The average molecular weight is 436 g/mol. The fourth-order valence-corrected chi connectivity index (χ4v) is 3.63. The number of fused-ring (bicyclic) bond motifs is 1. The van der Waals surface area contributed by atoms with Gasteiger partial charge in [-0.25, -0.2) is 18.7 Å². The van der Waals surface area contributed by atoms with Crippen molar-refractivity contribution in [2.45, 2.75) is 31.5 Å². The number of nitrogens with zero attached hydrogens (tertiary/aromatic N) is 4. The van der Waals surface area contributed by atoms with E-state index in [1.54, 1.807) is 0 Å². The van der Waals surface area contributed by atoms with Gasteiger partial charge in [-0.2, -0.15) is 18.3 Å². The highest BCUT2D eigenvalue weighted by Crippen LogP contribution is 2.32. The molecule has 3 heterocycles. The Morgan fingerprint density at radius 1 is 1.10 bits per heavy atom. The molecule has 3 aromatic rings. The summed E-state index contributed by atoms with van der Waals surface area (Å²) in [7, 11) is 0. The third-order valence-electron chi connectivity index (χ3n) is 5.13. The molecule has 1 amide bonds. The fourth-order valence-electron chi connectivity index (χ4n) is 3.63. The van der Waals surface area contributed by atoms with Gasteiger partial charge in [0.25, 0.3) is 5.91 Å². The van der Waals surface area contributed by atoms with Gasteiger partial charge < -0.3 is 10.0 Å². The van der Waals surface area contributed by atoms with Gasteiger partial charge in [-0.05, 0) is 49.6 Å². The lowest BCUT2D eigenvalue weighted by atomic mass is 10.0. The first-order valence-corrected chi connectivity index (χ1v) is 9.43. The number of rotatable bonds is 3. The molecule has 1 fully saturated rings. The predicted octanol–water partition coefficient (Wildman–Crippen LogP) is 3.63. The third kappa shape index (κ3) is 3.94. The summed E-state index contributed by atoms with van der Waals surface area (Å²) in [4.78, 5) is 29.6. The second-order valence-electron chi connectivity index (χ2n) is 7.18. The van der Waals surface area contributed by atoms with E-state index in [9.17, 15) is 32.3 Å². The van der Waals surface area contributed by atoms with E-state index in [4.69, 9.17) is 0 Å².